The van der Waals surface area contributed by atoms with Gasteiger partial charge in [0.05, 0.1) is 11.9 Å². The molecule has 0 saturated carbocycles. The number of likely N-dealkylation sites (tertiary alicyclic amines) is 1. The molecule has 0 aliphatic carbocycles. The van der Waals surface area contributed by atoms with Gasteiger partial charge in [-0.1, -0.05) is 12.1 Å². The van der Waals surface area contributed by atoms with Crippen molar-refractivity contribution in [3.63, 3.8) is 0 Å². The van der Waals surface area contributed by atoms with Gasteiger partial charge >= 0.3 is 0 Å². The highest BCUT2D eigenvalue weighted by molar-refractivity contribution is 7.99. The van der Waals surface area contributed by atoms with Gasteiger partial charge in [0.1, 0.15) is 6.04 Å². The van der Waals surface area contributed by atoms with Gasteiger partial charge < -0.3 is 9.80 Å². The molecule has 10 nitrogen and oxygen atoms in total. The van der Waals surface area contributed by atoms with Gasteiger partial charge in [0.15, 0.2) is 5.69 Å². The molecular formula is C23H24N6O4S. The number of benzene rings is 1. The van der Waals surface area contributed by atoms with Crippen LogP contribution >= 0.6 is 11.8 Å². The molecular weight excluding hydrogens is 456 g/mol. The number of carbonyl (C=O) groups is 4. The van der Waals surface area contributed by atoms with Crippen LogP contribution in [0.2, 0.25) is 0 Å². The first-order valence-corrected chi connectivity index (χ1v) is 12.6. The Bertz CT molecular complexity index is 1240. The van der Waals surface area contributed by atoms with Gasteiger partial charge in [-0.3, -0.25) is 24.5 Å². The van der Waals surface area contributed by atoms with Crippen LogP contribution < -0.4 is 5.32 Å². The van der Waals surface area contributed by atoms with E-state index in [0.29, 0.717) is 29.3 Å². The molecule has 4 aliphatic heterocycles. The maximum atomic E-state index is 13.1. The lowest BCUT2D eigenvalue weighted by atomic mass is 9.84. The molecule has 4 aliphatic rings. The summed E-state index contributed by atoms with van der Waals surface area (Å²) in [4.78, 5) is 53.1. The van der Waals surface area contributed by atoms with Crippen LogP contribution in [-0.2, 0) is 16.1 Å². The average Bonchev–Trinajstić information content (AvgIpc) is 3.56. The van der Waals surface area contributed by atoms with Crippen LogP contribution in [0.15, 0.2) is 24.4 Å². The van der Waals surface area contributed by atoms with Gasteiger partial charge in [0.2, 0.25) is 11.8 Å². The van der Waals surface area contributed by atoms with Crippen molar-refractivity contribution < 1.29 is 19.2 Å². The van der Waals surface area contributed by atoms with Crippen molar-refractivity contribution >= 4 is 35.4 Å². The molecule has 2 aromatic rings. The van der Waals surface area contributed by atoms with E-state index in [1.165, 1.54) is 4.90 Å². The first-order valence-electron chi connectivity index (χ1n) is 11.4. The lowest BCUT2D eigenvalue weighted by molar-refractivity contribution is -0.136. The predicted octanol–water partition coefficient (Wildman–Crippen LogP) is 0.853. The van der Waals surface area contributed by atoms with E-state index in [-0.39, 0.29) is 36.1 Å². The molecule has 1 aromatic heterocycles. The lowest BCUT2D eigenvalue weighted by Gasteiger charge is -2.29. The summed E-state index contributed by atoms with van der Waals surface area (Å²) in [5.41, 5.74) is 2.47. The molecule has 0 radical (unpaired) electrons. The standard InChI is InChI=1S/C23H24N6O4S/c1-23-11-27(8-14(23)10-34-12-23)22(33)17-9-29(26-25-17)15-2-3-16-13(6-15)7-28(21(16)32)18-4-5-19(30)24-20(18)31/h2-3,6,9,14,18H,4-5,7-8,10-12H2,1H3,(H,24,30,31)/t14-,18?,23+/m1/s1. The van der Waals surface area contributed by atoms with Crippen LogP contribution in [0.5, 0.6) is 0 Å². The van der Waals surface area contributed by atoms with E-state index in [4.69, 9.17) is 0 Å². The number of fused-ring (bicyclic) bond motifs is 2. The van der Waals surface area contributed by atoms with Crippen LogP contribution in [0.25, 0.3) is 5.69 Å². The molecule has 3 atom stereocenters. The molecule has 3 saturated heterocycles. The molecule has 5 heterocycles. The number of carbonyl (C=O) groups excluding carboxylic acids is 4. The highest BCUT2D eigenvalue weighted by atomic mass is 32.2. The Morgan fingerprint density at radius 1 is 1.26 bits per heavy atom. The number of aromatic nitrogens is 3. The molecule has 0 spiro atoms. The summed E-state index contributed by atoms with van der Waals surface area (Å²) in [6.07, 6.45) is 2.16. The molecule has 176 valence electrons. The van der Waals surface area contributed by atoms with Gasteiger partial charge in [0, 0.05) is 37.4 Å². The second-order valence-corrected chi connectivity index (χ2v) is 10.9. The molecule has 1 N–H and O–H groups in total. The fourth-order valence-electron chi connectivity index (χ4n) is 5.48. The number of hydrogen-bond donors (Lipinski definition) is 1. The van der Waals surface area contributed by atoms with Gasteiger partial charge in [-0.2, -0.15) is 11.8 Å². The van der Waals surface area contributed by atoms with Crippen molar-refractivity contribution in [2.45, 2.75) is 32.4 Å². The molecule has 4 amide bonds. The number of imide groups is 1. The number of rotatable bonds is 3. The Morgan fingerprint density at radius 2 is 2.12 bits per heavy atom. The van der Waals surface area contributed by atoms with Crippen LogP contribution in [0.4, 0.5) is 0 Å². The van der Waals surface area contributed by atoms with Crippen LogP contribution in [-0.4, -0.2) is 79.1 Å². The molecule has 1 unspecified atom stereocenters. The van der Waals surface area contributed by atoms with Crippen LogP contribution in [0, 0.1) is 11.3 Å². The van der Waals surface area contributed by atoms with E-state index in [1.807, 2.05) is 22.7 Å². The molecule has 11 heteroatoms. The number of nitrogens with zero attached hydrogens (tertiary/aromatic N) is 5. The minimum absolute atomic E-state index is 0.104. The smallest absolute Gasteiger partial charge is 0.276 e. The Labute approximate surface area is 200 Å². The summed E-state index contributed by atoms with van der Waals surface area (Å²) in [6.45, 7) is 4.03. The van der Waals surface area contributed by atoms with E-state index < -0.39 is 11.9 Å². The largest absolute Gasteiger partial charge is 0.336 e. The zero-order valence-corrected chi connectivity index (χ0v) is 19.5. The second kappa shape index (κ2) is 7.66. The highest BCUT2D eigenvalue weighted by Crippen LogP contribution is 2.46. The third-order valence-corrected chi connectivity index (χ3v) is 9.00. The monoisotopic (exact) mass is 480 g/mol. The molecule has 1 aromatic carbocycles. The lowest BCUT2D eigenvalue weighted by Crippen LogP contribution is -2.52. The number of nitrogens with one attached hydrogen (secondary N) is 1. The minimum atomic E-state index is -0.656. The number of piperidine rings is 1. The highest BCUT2D eigenvalue weighted by Gasteiger charge is 2.48. The van der Waals surface area contributed by atoms with Crippen molar-refractivity contribution in [3.8, 4) is 5.69 Å². The normalized spacial score (nSPS) is 28.3. The van der Waals surface area contributed by atoms with E-state index in [0.717, 1.165) is 30.2 Å². The van der Waals surface area contributed by atoms with E-state index >= 15 is 0 Å². The Hall–Kier alpha value is -3.21. The Morgan fingerprint density at radius 3 is 2.91 bits per heavy atom. The maximum Gasteiger partial charge on any atom is 0.276 e. The van der Waals surface area contributed by atoms with Gasteiger partial charge in [-0.25, -0.2) is 4.68 Å². The number of hydrogen-bond acceptors (Lipinski definition) is 7. The van der Waals surface area contributed by atoms with E-state index in [2.05, 4.69) is 22.6 Å². The topological polar surface area (TPSA) is 118 Å². The Balaban J connectivity index is 1.19. The summed E-state index contributed by atoms with van der Waals surface area (Å²) in [5, 5.41) is 10.6. The van der Waals surface area contributed by atoms with Crippen molar-refractivity contribution in [2.75, 3.05) is 24.6 Å². The van der Waals surface area contributed by atoms with Crippen molar-refractivity contribution in [1.29, 1.82) is 0 Å². The first-order chi connectivity index (χ1) is 16.3. The third-order valence-electron chi connectivity index (χ3n) is 7.50. The summed E-state index contributed by atoms with van der Waals surface area (Å²) >= 11 is 1.96. The molecule has 0 bridgehead atoms. The summed E-state index contributed by atoms with van der Waals surface area (Å²) in [5.74, 6) is 1.63. The fraction of sp³-hybridized carbons (Fsp3) is 0.478. The van der Waals surface area contributed by atoms with Crippen molar-refractivity contribution in [3.05, 3.63) is 41.2 Å². The molecule has 34 heavy (non-hydrogen) atoms. The predicted molar refractivity (Wildman–Crippen MR) is 122 cm³/mol. The summed E-state index contributed by atoms with van der Waals surface area (Å²) in [7, 11) is 0. The van der Waals surface area contributed by atoms with Gasteiger partial charge in [-0.05, 0) is 47.3 Å². The quantitative estimate of drug-likeness (QED) is 0.648. The van der Waals surface area contributed by atoms with Crippen molar-refractivity contribution in [2.24, 2.45) is 11.3 Å². The van der Waals surface area contributed by atoms with E-state index in [1.54, 1.807) is 23.0 Å². The zero-order chi connectivity index (χ0) is 23.6. The number of thioether (sulfide) groups is 1. The zero-order valence-electron chi connectivity index (χ0n) is 18.7. The van der Waals surface area contributed by atoms with Crippen LogP contribution in [0.3, 0.4) is 0 Å². The van der Waals surface area contributed by atoms with Gasteiger partial charge in [0.25, 0.3) is 11.8 Å². The first kappa shape index (κ1) is 21.3. The average molecular weight is 481 g/mol. The maximum absolute atomic E-state index is 13.1. The van der Waals surface area contributed by atoms with Crippen LogP contribution in [0.1, 0.15) is 46.2 Å². The SMILES string of the molecule is C[C@]12CSC[C@H]1CN(C(=O)c1cn(-c3ccc4c(c3)CN(C3CCC(=O)NC3=O)C4=O)nn1)C2. The minimum Gasteiger partial charge on any atom is -0.336 e. The molecule has 6 rings (SSSR count). The third kappa shape index (κ3) is 3.32. The number of amides is 4. The van der Waals surface area contributed by atoms with E-state index in [9.17, 15) is 19.2 Å². The Kier molecular flexibility index (Phi) is 4.80. The second-order valence-electron chi connectivity index (χ2n) is 9.84. The fourth-order valence-corrected chi connectivity index (χ4v) is 7.18. The van der Waals surface area contributed by atoms with Gasteiger partial charge in [-0.15, -0.1) is 5.10 Å². The molecule has 3 fully saturated rings. The summed E-state index contributed by atoms with van der Waals surface area (Å²) < 4.78 is 1.54. The summed E-state index contributed by atoms with van der Waals surface area (Å²) in [6, 6.07) is 4.64. The van der Waals surface area contributed by atoms with Crippen molar-refractivity contribution in [1.82, 2.24) is 30.1 Å².